The van der Waals surface area contributed by atoms with Gasteiger partial charge in [0, 0.05) is 18.0 Å². The van der Waals surface area contributed by atoms with E-state index in [0.29, 0.717) is 6.04 Å². The van der Waals surface area contributed by atoms with Crippen LogP contribution >= 0.6 is 11.6 Å². The van der Waals surface area contributed by atoms with Crippen LogP contribution in [0.1, 0.15) is 31.2 Å². The molecule has 0 heterocycles. The Morgan fingerprint density at radius 2 is 1.88 bits per heavy atom. The molecule has 0 radical (unpaired) electrons. The van der Waals surface area contributed by atoms with Crippen molar-refractivity contribution in [3.8, 4) is 0 Å². The van der Waals surface area contributed by atoms with Crippen LogP contribution in [0, 0.1) is 5.82 Å². The van der Waals surface area contributed by atoms with Crippen molar-refractivity contribution in [2.45, 2.75) is 43.6 Å². The van der Waals surface area contributed by atoms with Gasteiger partial charge in [0.05, 0.1) is 0 Å². The van der Waals surface area contributed by atoms with Gasteiger partial charge in [0.25, 0.3) is 0 Å². The molecule has 1 aromatic carbocycles. The summed E-state index contributed by atoms with van der Waals surface area (Å²) in [6, 6.07) is 7.18. The number of halogens is 2. The van der Waals surface area contributed by atoms with E-state index in [4.69, 9.17) is 11.6 Å². The highest BCUT2D eigenvalue weighted by Crippen LogP contribution is 2.27. The molecule has 1 nitrogen and oxygen atoms in total. The first kappa shape index (κ1) is 12.8. The highest BCUT2D eigenvalue weighted by Gasteiger charge is 2.26. The van der Waals surface area contributed by atoms with Gasteiger partial charge in [0.15, 0.2) is 0 Å². The molecule has 2 rings (SSSR count). The predicted octanol–water partition coefficient (Wildman–Crippen LogP) is 3.81. The van der Waals surface area contributed by atoms with E-state index in [2.05, 4.69) is 11.9 Å². The van der Waals surface area contributed by atoms with Crippen molar-refractivity contribution in [3.63, 3.8) is 0 Å². The van der Waals surface area contributed by atoms with Crippen molar-refractivity contribution < 1.29 is 4.39 Å². The highest BCUT2D eigenvalue weighted by atomic mass is 35.5. The molecule has 1 aliphatic rings. The van der Waals surface area contributed by atoms with Gasteiger partial charge >= 0.3 is 0 Å². The minimum absolute atomic E-state index is 0.177. The molecule has 0 aromatic heterocycles. The van der Waals surface area contributed by atoms with E-state index in [1.54, 1.807) is 0 Å². The van der Waals surface area contributed by atoms with Gasteiger partial charge in [0.1, 0.15) is 5.82 Å². The van der Waals surface area contributed by atoms with Gasteiger partial charge in [-0.05, 0) is 37.6 Å². The van der Waals surface area contributed by atoms with Crippen LogP contribution in [0.3, 0.4) is 0 Å². The second-order valence-corrected chi connectivity index (χ2v) is 5.47. The molecule has 1 saturated carbocycles. The fourth-order valence-electron chi connectivity index (χ4n) is 2.56. The molecular formula is C14H19ClFN. The van der Waals surface area contributed by atoms with Gasteiger partial charge in [-0.1, -0.05) is 25.0 Å². The van der Waals surface area contributed by atoms with Crippen LogP contribution < -0.4 is 0 Å². The van der Waals surface area contributed by atoms with Gasteiger partial charge in [-0.25, -0.2) is 4.39 Å². The summed E-state index contributed by atoms with van der Waals surface area (Å²) >= 11 is 6.37. The summed E-state index contributed by atoms with van der Waals surface area (Å²) in [7, 11) is 2.11. The maximum atomic E-state index is 12.8. The van der Waals surface area contributed by atoms with Crippen LogP contribution in [0.2, 0.25) is 0 Å². The van der Waals surface area contributed by atoms with Crippen molar-refractivity contribution in [2.75, 3.05) is 7.05 Å². The molecule has 0 saturated heterocycles. The van der Waals surface area contributed by atoms with Crippen LogP contribution in [0.15, 0.2) is 24.3 Å². The Hall–Kier alpha value is -0.600. The van der Waals surface area contributed by atoms with Crippen LogP contribution in [-0.4, -0.2) is 23.4 Å². The summed E-state index contributed by atoms with van der Waals surface area (Å²) in [4.78, 5) is 2.30. The fourth-order valence-corrected chi connectivity index (χ4v) is 3.03. The quantitative estimate of drug-likeness (QED) is 0.743. The van der Waals surface area contributed by atoms with Crippen molar-refractivity contribution in [1.82, 2.24) is 4.90 Å². The van der Waals surface area contributed by atoms with E-state index < -0.39 is 0 Å². The first-order chi connectivity index (χ1) is 8.16. The SMILES string of the molecule is CN(Cc1ccc(F)cc1)C1CCCCC1Cl. The predicted molar refractivity (Wildman–Crippen MR) is 69.8 cm³/mol. The summed E-state index contributed by atoms with van der Waals surface area (Å²) in [5.41, 5.74) is 1.14. The zero-order chi connectivity index (χ0) is 12.3. The monoisotopic (exact) mass is 255 g/mol. The molecule has 2 unspecified atom stereocenters. The largest absolute Gasteiger partial charge is 0.298 e. The van der Waals surface area contributed by atoms with E-state index in [1.807, 2.05) is 12.1 Å². The lowest BCUT2D eigenvalue weighted by molar-refractivity contribution is 0.188. The van der Waals surface area contributed by atoms with Gasteiger partial charge in [-0.3, -0.25) is 4.90 Å². The summed E-state index contributed by atoms with van der Waals surface area (Å²) in [5.74, 6) is -0.177. The lowest BCUT2D eigenvalue weighted by Crippen LogP contribution is -2.40. The van der Waals surface area contributed by atoms with Crippen LogP contribution in [-0.2, 0) is 6.54 Å². The second kappa shape index (κ2) is 5.83. The van der Waals surface area contributed by atoms with Gasteiger partial charge in [0.2, 0.25) is 0 Å². The first-order valence-corrected chi connectivity index (χ1v) is 6.69. The Morgan fingerprint density at radius 3 is 2.53 bits per heavy atom. The lowest BCUT2D eigenvalue weighted by Gasteiger charge is -2.35. The molecule has 0 N–H and O–H groups in total. The molecule has 3 heteroatoms. The molecule has 1 fully saturated rings. The van der Waals surface area contributed by atoms with E-state index >= 15 is 0 Å². The van der Waals surface area contributed by atoms with E-state index in [1.165, 1.54) is 31.4 Å². The minimum atomic E-state index is -0.177. The third kappa shape index (κ3) is 3.43. The average molecular weight is 256 g/mol. The third-order valence-corrected chi connectivity index (χ3v) is 4.07. The molecule has 0 bridgehead atoms. The minimum Gasteiger partial charge on any atom is -0.298 e. The first-order valence-electron chi connectivity index (χ1n) is 6.25. The summed E-state index contributed by atoms with van der Waals surface area (Å²) in [6.07, 6.45) is 4.79. The van der Waals surface area contributed by atoms with Crippen LogP contribution in [0.4, 0.5) is 4.39 Å². The Bertz CT molecular complexity index is 352. The summed E-state index contributed by atoms with van der Waals surface area (Å²) in [6.45, 7) is 0.841. The normalized spacial score (nSPS) is 25.2. The Morgan fingerprint density at radius 1 is 1.24 bits per heavy atom. The average Bonchev–Trinajstić information content (AvgIpc) is 2.32. The van der Waals surface area contributed by atoms with Crippen LogP contribution in [0.25, 0.3) is 0 Å². The molecule has 1 aliphatic carbocycles. The Balaban J connectivity index is 1.95. The maximum Gasteiger partial charge on any atom is 0.123 e. The lowest BCUT2D eigenvalue weighted by atomic mass is 9.93. The topological polar surface area (TPSA) is 3.24 Å². The summed E-state index contributed by atoms with van der Waals surface area (Å²) in [5, 5.41) is 0.259. The number of benzene rings is 1. The Kier molecular flexibility index (Phi) is 4.41. The molecule has 0 amide bonds. The number of alkyl halides is 1. The molecule has 94 valence electrons. The van der Waals surface area contributed by atoms with Gasteiger partial charge < -0.3 is 0 Å². The van der Waals surface area contributed by atoms with Crippen LogP contribution in [0.5, 0.6) is 0 Å². The molecular weight excluding hydrogens is 237 g/mol. The zero-order valence-electron chi connectivity index (χ0n) is 10.2. The van der Waals surface area contributed by atoms with Gasteiger partial charge in [-0.15, -0.1) is 11.6 Å². The van der Waals surface area contributed by atoms with Crippen molar-refractivity contribution in [2.24, 2.45) is 0 Å². The van der Waals surface area contributed by atoms with Crippen molar-refractivity contribution >= 4 is 11.6 Å². The third-order valence-electron chi connectivity index (χ3n) is 3.56. The van der Waals surface area contributed by atoms with Crippen molar-refractivity contribution in [3.05, 3.63) is 35.6 Å². The number of rotatable bonds is 3. The van der Waals surface area contributed by atoms with Crippen molar-refractivity contribution in [1.29, 1.82) is 0 Å². The zero-order valence-corrected chi connectivity index (χ0v) is 11.0. The number of nitrogens with zero attached hydrogens (tertiary/aromatic N) is 1. The fraction of sp³-hybridized carbons (Fsp3) is 0.571. The van der Waals surface area contributed by atoms with Gasteiger partial charge in [-0.2, -0.15) is 0 Å². The highest BCUT2D eigenvalue weighted by molar-refractivity contribution is 6.21. The molecule has 2 atom stereocenters. The summed E-state index contributed by atoms with van der Waals surface area (Å²) < 4.78 is 12.8. The molecule has 0 spiro atoms. The van der Waals surface area contributed by atoms with E-state index in [9.17, 15) is 4.39 Å². The molecule has 1 aromatic rings. The molecule has 17 heavy (non-hydrogen) atoms. The smallest absolute Gasteiger partial charge is 0.123 e. The number of hydrogen-bond acceptors (Lipinski definition) is 1. The van der Waals surface area contributed by atoms with E-state index in [-0.39, 0.29) is 11.2 Å². The van der Waals surface area contributed by atoms with E-state index in [0.717, 1.165) is 18.5 Å². The standard InChI is InChI=1S/C14H19ClFN/c1-17(14-5-3-2-4-13(14)15)10-11-6-8-12(16)9-7-11/h6-9,13-14H,2-5,10H2,1H3. The second-order valence-electron chi connectivity index (χ2n) is 4.91. The molecule has 0 aliphatic heterocycles. The Labute approximate surface area is 108 Å². The number of hydrogen-bond donors (Lipinski definition) is 0. The maximum absolute atomic E-state index is 12.8.